The van der Waals surface area contributed by atoms with Crippen LogP contribution in [0.15, 0.2) is 48.5 Å². The van der Waals surface area contributed by atoms with Crippen molar-refractivity contribution < 1.29 is 41.0 Å². The number of benzene rings is 2. The summed E-state index contributed by atoms with van der Waals surface area (Å²) in [7, 11) is 1.17. The maximum absolute atomic E-state index is 13.0. The van der Waals surface area contributed by atoms with Crippen molar-refractivity contribution in [3.63, 3.8) is 0 Å². The molecule has 1 amide bonds. The van der Waals surface area contributed by atoms with E-state index in [1.807, 2.05) is 0 Å². The molecule has 0 bridgehead atoms. The van der Waals surface area contributed by atoms with E-state index >= 15 is 0 Å². The van der Waals surface area contributed by atoms with E-state index in [-0.39, 0.29) is 0 Å². The molecule has 0 aliphatic heterocycles. The van der Waals surface area contributed by atoms with Gasteiger partial charge in [-0.15, -0.1) is 0 Å². The third kappa shape index (κ3) is 5.86. The van der Waals surface area contributed by atoms with Crippen LogP contribution in [0, 0.1) is 0 Å². The Morgan fingerprint density at radius 3 is 2.07 bits per heavy atom. The van der Waals surface area contributed by atoms with Gasteiger partial charge in [-0.05, 0) is 24.3 Å². The second kappa shape index (κ2) is 8.73. The van der Waals surface area contributed by atoms with Gasteiger partial charge < -0.3 is 14.7 Å². The van der Waals surface area contributed by atoms with Gasteiger partial charge in [0.1, 0.15) is 18.5 Å². The van der Waals surface area contributed by atoms with E-state index in [0.717, 1.165) is 35.2 Å². The molecule has 0 radical (unpaired) electrons. The van der Waals surface area contributed by atoms with Crippen molar-refractivity contribution in [2.24, 2.45) is 0 Å². The second-order valence-electron chi connectivity index (χ2n) is 6.19. The molecule has 158 valence electrons. The molecular formula is C19H17F6NO3. The fraction of sp³-hybridized carbons (Fsp3) is 0.316. The van der Waals surface area contributed by atoms with Gasteiger partial charge in [0.2, 0.25) is 0 Å². The van der Waals surface area contributed by atoms with Gasteiger partial charge in [-0.25, -0.2) is 0 Å². The normalized spacial score (nSPS) is 13.1. The van der Waals surface area contributed by atoms with Crippen LogP contribution in [0.2, 0.25) is 0 Å². The molecule has 0 aliphatic carbocycles. The molecule has 0 saturated carbocycles. The van der Waals surface area contributed by atoms with Crippen LogP contribution in [-0.4, -0.2) is 42.2 Å². The van der Waals surface area contributed by atoms with E-state index < -0.39 is 60.0 Å². The number of amides is 1. The zero-order valence-corrected chi connectivity index (χ0v) is 15.1. The maximum Gasteiger partial charge on any atom is 0.419 e. The number of rotatable bonds is 6. The first kappa shape index (κ1) is 22.5. The van der Waals surface area contributed by atoms with Crippen LogP contribution in [0.3, 0.4) is 0 Å². The van der Waals surface area contributed by atoms with Gasteiger partial charge >= 0.3 is 12.4 Å². The Morgan fingerprint density at radius 2 is 1.48 bits per heavy atom. The van der Waals surface area contributed by atoms with Crippen molar-refractivity contribution in [3.8, 4) is 5.75 Å². The molecule has 1 N–H and O–H groups in total. The van der Waals surface area contributed by atoms with Gasteiger partial charge in [0.15, 0.2) is 0 Å². The summed E-state index contributed by atoms with van der Waals surface area (Å²) in [6.07, 6.45) is -10.8. The third-order valence-corrected chi connectivity index (χ3v) is 3.92. The van der Waals surface area contributed by atoms with Crippen LogP contribution in [0.1, 0.15) is 21.5 Å². The number of hydrogen-bond acceptors (Lipinski definition) is 3. The number of ether oxygens (including phenoxy) is 1. The lowest BCUT2D eigenvalue weighted by Gasteiger charge is -2.23. The number of carbonyl (C=O) groups is 1. The highest BCUT2D eigenvalue weighted by Gasteiger charge is 2.36. The van der Waals surface area contributed by atoms with Crippen LogP contribution >= 0.6 is 0 Å². The summed E-state index contributed by atoms with van der Waals surface area (Å²) in [6.45, 7) is -1.04. The first-order valence-electron chi connectivity index (χ1n) is 8.30. The van der Waals surface area contributed by atoms with E-state index in [1.165, 1.54) is 25.2 Å². The minimum Gasteiger partial charge on any atom is -0.490 e. The van der Waals surface area contributed by atoms with E-state index in [1.54, 1.807) is 0 Å². The van der Waals surface area contributed by atoms with Crippen molar-refractivity contribution in [2.45, 2.75) is 18.5 Å². The number of likely N-dealkylation sites (N-methyl/N-ethyl adjacent to an activating group) is 1. The van der Waals surface area contributed by atoms with Gasteiger partial charge in [-0.2, -0.15) is 26.3 Å². The van der Waals surface area contributed by atoms with Crippen molar-refractivity contribution in [2.75, 3.05) is 20.2 Å². The lowest BCUT2D eigenvalue weighted by Crippen LogP contribution is -2.37. The highest BCUT2D eigenvalue weighted by Crippen LogP contribution is 2.36. The zero-order valence-electron chi connectivity index (χ0n) is 15.1. The van der Waals surface area contributed by atoms with Gasteiger partial charge in [0, 0.05) is 13.6 Å². The number of aliphatic hydroxyl groups excluding tert-OH is 1. The first-order chi connectivity index (χ1) is 13.4. The Hall–Kier alpha value is -2.75. The molecule has 29 heavy (non-hydrogen) atoms. The molecule has 4 nitrogen and oxygen atoms in total. The highest BCUT2D eigenvalue weighted by atomic mass is 19.4. The number of alkyl halides is 6. The van der Waals surface area contributed by atoms with E-state index in [2.05, 4.69) is 0 Å². The lowest BCUT2D eigenvalue weighted by atomic mass is 10.1. The molecule has 0 heterocycles. The SMILES string of the molecule is CN(C[C@@H](O)COc1ccccc1C(F)(F)F)C(=O)c1ccccc1C(F)(F)F. The fourth-order valence-electron chi connectivity index (χ4n) is 2.59. The van der Waals surface area contributed by atoms with Crippen LogP contribution in [0.25, 0.3) is 0 Å². The second-order valence-corrected chi connectivity index (χ2v) is 6.19. The number of hydrogen-bond donors (Lipinski definition) is 1. The topological polar surface area (TPSA) is 49.8 Å². The molecule has 2 aromatic carbocycles. The Bertz CT molecular complexity index is 850. The van der Waals surface area contributed by atoms with Gasteiger partial charge in [0.05, 0.1) is 16.7 Å². The Morgan fingerprint density at radius 1 is 0.966 bits per heavy atom. The number of para-hydroxylation sites is 1. The number of nitrogens with zero attached hydrogens (tertiary/aromatic N) is 1. The minimum absolute atomic E-state index is 0.445. The largest absolute Gasteiger partial charge is 0.490 e. The summed E-state index contributed by atoms with van der Waals surface area (Å²) in [4.78, 5) is 13.2. The van der Waals surface area contributed by atoms with Crippen LogP contribution in [0.4, 0.5) is 26.3 Å². The van der Waals surface area contributed by atoms with Crippen LogP contribution in [-0.2, 0) is 12.4 Å². The molecular weight excluding hydrogens is 404 g/mol. The highest BCUT2D eigenvalue weighted by molar-refractivity contribution is 5.95. The summed E-state index contributed by atoms with van der Waals surface area (Å²) in [5.74, 6) is -1.50. The van der Waals surface area contributed by atoms with E-state index in [0.29, 0.717) is 0 Å². The molecule has 0 saturated heterocycles. The van der Waals surface area contributed by atoms with E-state index in [9.17, 15) is 36.2 Å². The van der Waals surface area contributed by atoms with Gasteiger partial charge in [-0.3, -0.25) is 4.79 Å². The fourth-order valence-corrected chi connectivity index (χ4v) is 2.59. The minimum atomic E-state index is -4.74. The predicted molar refractivity (Wildman–Crippen MR) is 91.4 cm³/mol. The number of carbonyl (C=O) groups excluding carboxylic acids is 1. The Kier molecular flexibility index (Phi) is 6.78. The summed E-state index contributed by atoms with van der Waals surface area (Å²) < 4.78 is 82.9. The summed E-state index contributed by atoms with van der Waals surface area (Å²) in [5, 5.41) is 9.98. The van der Waals surface area contributed by atoms with Crippen molar-refractivity contribution in [1.29, 1.82) is 0 Å². The standard InChI is InChI=1S/C19H17F6NO3/c1-26(17(28)13-6-2-3-7-14(13)18(20,21)22)10-12(27)11-29-16-9-5-4-8-15(16)19(23,24)25/h2-9,12,27H,10-11H2,1H3/t12-/m1/s1. The zero-order chi connectivity index (χ0) is 21.8. The summed E-state index contributed by atoms with van der Waals surface area (Å²) >= 11 is 0. The predicted octanol–water partition coefficient (Wildman–Crippen LogP) is 4.24. The van der Waals surface area contributed by atoms with Crippen molar-refractivity contribution in [1.82, 2.24) is 4.90 Å². The third-order valence-electron chi connectivity index (χ3n) is 3.92. The first-order valence-corrected chi connectivity index (χ1v) is 8.30. The quantitative estimate of drug-likeness (QED) is 0.710. The molecule has 10 heteroatoms. The lowest BCUT2D eigenvalue weighted by molar-refractivity contribution is -0.139. The van der Waals surface area contributed by atoms with E-state index in [4.69, 9.17) is 4.74 Å². The average Bonchev–Trinajstić information content (AvgIpc) is 2.64. The Balaban J connectivity index is 2.04. The molecule has 2 aromatic rings. The molecule has 1 atom stereocenters. The summed E-state index contributed by atoms with van der Waals surface area (Å²) in [5.41, 5.74) is -2.75. The summed E-state index contributed by atoms with van der Waals surface area (Å²) in [6, 6.07) is 8.55. The van der Waals surface area contributed by atoms with Gasteiger partial charge in [-0.1, -0.05) is 24.3 Å². The number of aliphatic hydroxyl groups is 1. The molecule has 0 spiro atoms. The van der Waals surface area contributed by atoms with Crippen LogP contribution in [0.5, 0.6) is 5.75 Å². The molecule has 2 rings (SSSR count). The monoisotopic (exact) mass is 421 g/mol. The maximum atomic E-state index is 13.0. The molecule has 0 unspecified atom stereocenters. The van der Waals surface area contributed by atoms with Crippen molar-refractivity contribution in [3.05, 3.63) is 65.2 Å². The smallest absolute Gasteiger partial charge is 0.419 e. The number of halogens is 6. The molecule has 0 aliphatic rings. The van der Waals surface area contributed by atoms with Gasteiger partial charge in [0.25, 0.3) is 5.91 Å². The van der Waals surface area contributed by atoms with Crippen LogP contribution < -0.4 is 4.74 Å². The molecule has 0 aromatic heterocycles. The average molecular weight is 421 g/mol. The molecule has 0 fully saturated rings. The Labute approximate surface area is 162 Å². The van der Waals surface area contributed by atoms with Crippen molar-refractivity contribution >= 4 is 5.91 Å².